The van der Waals surface area contributed by atoms with Crippen LogP contribution in [-0.2, 0) is 35.7 Å². The van der Waals surface area contributed by atoms with Crippen molar-refractivity contribution in [2.24, 2.45) is 5.41 Å². The van der Waals surface area contributed by atoms with Crippen molar-refractivity contribution in [3.63, 3.8) is 0 Å². The molecule has 1 atom stereocenters. The number of rotatable bonds is 9. The third kappa shape index (κ3) is 9.11. The standard InChI is InChI=1S/C17H24N2O7/c1-17(2,3)16(23)25-26-19-15(22)10-13(20)9-14(21)18-24-11-12-7-5-4-6-8-12/h4-8,13,20H,9-11H2,1-3H3,(H,18,21)(H,19,22). The quantitative estimate of drug-likeness (QED) is 0.437. The molecule has 3 N–H and O–H groups in total. The first-order valence-electron chi connectivity index (χ1n) is 7.98. The van der Waals surface area contributed by atoms with E-state index in [0.717, 1.165) is 5.56 Å². The number of carbonyl (C=O) groups excluding carboxylic acids is 3. The van der Waals surface area contributed by atoms with E-state index in [9.17, 15) is 19.5 Å². The average Bonchev–Trinajstić information content (AvgIpc) is 2.54. The molecule has 0 saturated heterocycles. The molecule has 0 aromatic heterocycles. The van der Waals surface area contributed by atoms with Crippen molar-refractivity contribution in [3.05, 3.63) is 35.9 Å². The van der Waals surface area contributed by atoms with Gasteiger partial charge >= 0.3 is 5.97 Å². The number of nitrogens with one attached hydrogen (secondary N) is 2. The molecule has 0 aliphatic carbocycles. The normalized spacial score (nSPS) is 12.2. The summed E-state index contributed by atoms with van der Waals surface area (Å²) in [5.74, 6) is -2.01. The second-order valence-corrected chi connectivity index (χ2v) is 6.59. The van der Waals surface area contributed by atoms with E-state index in [0.29, 0.717) is 0 Å². The van der Waals surface area contributed by atoms with Crippen LogP contribution in [0.4, 0.5) is 0 Å². The fraction of sp³-hybridized carbons (Fsp3) is 0.471. The van der Waals surface area contributed by atoms with Gasteiger partial charge in [0.15, 0.2) is 0 Å². The Morgan fingerprint density at radius 2 is 1.62 bits per heavy atom. The number of aliphatic hydroxyl groups is 1. The van der Waals surface area contributed by atoms with Gasteiger partial charge in [-0.15, -0.1) is 0 Å². The minimum Gasteiger partial charge on any atom is -0.392 e. The molecule has 9 heteroatoms. The van der Waals surface area contributed by atoms with Crippen LogP contribution >= 0.6 is 0 Å². The summed E-state index contributed by atoms with van der Waals surface area (Å²) in [4.78, 5) is 48.2. The van der Waals surface area contributed by atoms with Crippen molar-refractivity contribution in [2.75, 3.05) is 0 Å². The maximum atomic E-state index is 11.6. The zero-order chi connectivity index (χ0) is 19.6. The summed E-state index contributed by atoms with van der Waals surface area (Å²) in [6.45, 7) is 5.02. The van der Waals surface area contributed by atoms with Gasteiger partial charge < -0.3 is 5.11 Å². The molecule has 1 aromatic carbocycles. The molecule has 0 bridgehead atoms. The number of carbonyl (C=O) groups is 3. The fourth-order valence-electron chi connectivity index (χ4n) is 1.59. The molecule has 0 fully saturated rings. The Bertz CT molecular complexity index is 599. The van der Waals surface area contributed by atoms with Crippen molar-refractivity contribution in [2.45, 2.75) is 46.3 Å². The molecule has 2 amide bonds. The van der Waals surface area contributed by atoms with E-state index in [1.807, 2.05) is 35.8 Å². The molecule has 0 aliphatic rings. The minimum absolute atomic E-state index is 0.177. The van der Waals surface area contributed by atoms with Crippen molar-refractivity contribution in [3.8, 4) is 0 Å². The Balaban J connectivity index is 2.17. The van der Waals surface area contributed by atoms with Crippen LogP contribution in [0.25, 0.3) is 0 Å². The third-order valence-electron chi connectivity index (χ3n) is 2.99. The molecule has 1 unspecified atom stereocenters. The average molecular weight is 368 g/mol. The summed E-state index contributed by atoms with van der Waals surface area (Å²) in [6.07, 6.45) is -2.01. The van der Waals surface area contributed by atoms with Gasteiger partial charge in [0.1, 0.15) is 0 Å². The zero-order valence-electron chi connectivity index (χ0n) is 15.0. The molecular weight excluding hydrogens is 344 g/mol. The molecule has 0 saturated carbocycles. The third-order valence-corrected chi connectivity index (χ3v) is 2.99. The highest BCUT2D eigenvalue weighted by atomic mass is 17.3. The molecule has 0 spiro atoms. The van der Waals surface area contributed by atoms with Crippen molar-refractivity contribution >= 4 is 17.8 Å². The van der Waals surface area contributed by atoms with Gasteiger partial charge in [-0.3, -0.25) is 19.3 Å². The van der Waals surface area contributed by atoms with Crippen LogP contribution in [0.15, 0.2) is 30.3 Å². The van der Waals surface area contributed by atoms with Gasteiger partial charge in [-0.1, -0.05) is 35.3 Å². The van der Waals surface area contributed by atoms with Crippen LogP contribution < -0.4 is 11.0 Å². The first-order valence-corrected chi connectivity index (χ1v) is 7.98. The number of aliphatic hydroxyl groups excluding tert-OH is 1. The first kappa shape index (κ1) is 21.6. The molecule has 0 radical (unpaired) electrons. The van der Waals surface area contributed by atoms with E-state index in [1.165, 1.54) is 0 Å². The van der Waals surface area contributed by atoms with Crippen molar-refractivity contribution in [1.82, 2.24) is 11.0 Å². The van der Waals surface area contributed by atoms with Gasteiger partial charge in [-0.2, -0.15) is 5.48 Å². The fourth-order valence-corrected chi connectivity index (χ4v) is 1.59. The maximum absolute atomic E-state index is 11.6. The lowest BCUT2D eigenvalue weighted by Crippen LogP contribution is -2.33. The van der Waals surface area contributed by atoms with Crippen molar-refractivity contribution in [1.29, 1.82) is 0 Å². The number of hydroxylamine groups is 2. The van der Waals surface area contributed by atoms with Gasteiger partial charge in [-0.05, 0) is 26.3 Å². The number of hydrogen-bond donors (Lipinski definition) is 3. The largest absolute Gasteiger partial charge is 0.392 e. The number of hydrogen-bond acceptors (Lipinski definition) is 7. The van der Waals surface area contributed by atoms with Gasteiger partial charge in [-0.25, -0.2) is 10.3 Å². The molecule has 0 aliphatic heterocycles. The van der Waals surface area contributed by atoms with Gasteiger partial charge in [0.05, 0.1) is 31.0 Å². The second kappa shape index (κ2) is 10.5. The minimum atomic E-state index is -1.25. The Kier molecular flexibility index (Phi) is 8.70. The first-order chi connectivity index (χ1) is 12.2. The zero-order valence-corrected chi connectivity index (χ0v) is 15.0. The summed E-state index contributed by atoms with van der Waals surface area (Å²) in [7, 11) is 0. The Morgan fingerprint density at radius 3 is 2.19 bits per heavy atom. The lowest BCUT2D eigenvalue weighted by atomic mass is 9.98. The van der Waals surface area contributed by atoms with Gasteiger partial charge in [0.2, 0.25) is 11.8 Å². The van der Waals surface area contributed by atoms with E-state index in [4.69, 9.17) is 4.84 Å². The highest BCUT2D eigenvalue weighted by Crippen LogP contribution is 2.14. The summed E-state index contributed by atoms with van der Waals surface area (Å²) >= 11 is 0. The predicted molar refractivity (Wildman–Crippen MR) is 89.4 cm³/mol. The lowest BCUT2D eigenvalue weighted by Gasteiger charge is -2.15. The lowest BCUT2D eigenvalue weighted by molar-refractivity contribution is -0.308. The number of benzene rings is 1. The monoisotopic (exact) mass is 368 g/mol. The van der Waals surface area contributed by atoms with E-state index >= 15 is 0 Å². The summed E-state index contributed by atoms with van der Waals surface area (Å²) in [5.41, 5.74) is 4.11. The highest BCUT2D eigenvalue weighted by molar-refractivity contribution is 5.79. The van der Waals surface area contributed by atoms with Crippen LogP contribution in [0.1, 0.15) is 39.2 Å². The van der Waals surface area contributed by atoms with Gasteiger partial charge in [0.25, 0.3) is 0 Å². The smallest absolute Gasteiger partial charge is 0.350 e. The molecule has 26 heavy (non-hydrogen) atoms. The van der Waals surface area contributed by atoms with Crippen LogP contribution in [0.2, 0.25) is 0 Å². The topological polar surface area (TPSA) is 123 Å². The van der Waals surface area contributed by atoms with Crippen LogP contribution in [0.5, 0.6) is 0 Å². The molecule has 1 aromatic rings. The summed E-state index contributed by atoms with van der Waals surface area (Å²) in [5, 5.41) is 9.70. The maximum Gasteiger partial charge on any atom is 0.350 e. The summed E-state index contributed by atoms with van der Waals surface area (Å²) in [6, 6.07) is 9.19. The Morgan fingerprint density at radius 1 is 1.04 bits per heavy atom. The Labute approximate surface area is 151 Å². The molecule has 1 rings (SSSR count). The molecule has 9 nitrogen and oxygen atoms in total. The van der Waals surface area contributed by atoms with Crippen LogP contribution in [0, 0.1) is 5.41 Å². The van der Waals surface area contributed by atoms with Gasteiger partial charge in [0, 0.05) is 0 Å². The second-order valence-electron chi connectivity index (χ2n) is 6.59. The van der Waals surface area contributed by atoms with E-state index in [-0.39, 0.29) is 13.0 Å². The predicted octanol–water partition coefficient (Wildman–Crippen LogP) is 0.928. The molecule has 144 valence electrons. The number of amides is 2. The van der Waals surface area contributed by atoms with E-state index in [1.54, 1.807) is 20.8 Å². The Hall–Kier alpha value is -2.49. The van der Waals surface area contributed by atoms with E-state index in [2.05, 4.69) is 15.4 Å². The SMILES string of the molecule is CC(C)(C)C(=O)OONC(=O)CC(O)CC(=O)NOCc1ccccc1. The van der Waals surface area contributed by atoms with Crippen LogP contribution in [0.3, 0.4) is 0 Å². The van der Waals surface area contributed by atoms with Crippen LogP contribution in [-0.4, -0.2) is 29.0 Å². The highest BCUT2D eigenvalue weighted by Gasteiger charge is 2.25. The molecular formula is C17H24N2O7. The van der Waals surface area contributed by atoms with Crippen molar-refractivity contribution < 1.29 is 34.2 Å². The summed E-state index contributed by atoms with van der Waals surface area (Å²) < 4.78 is 0. The van der Waals surface area contributed by atoms with E-state index < -0.39 is 35.7 Å². The molecule has 0 heterocycles.